The van der Waals surface area contributed by atoms with Gasteiger partial charge in [-0.3, -0.25) is 5.43 Å². The minimum absolute atomic E-state index is 0.0700. The fourth-order valence-electron chi connectivity index (χ4n) is 1.81. The molecule has 0 atom stereocenters. The van der Waals surface area contributed by atoms with E-state index in [-0.39, 0.29) is 27.0 Å². The first-order valence-corrected chi connectivity index (χ1v) is 7.87. The molecule has 0 bridgehead atoms. The van der Waals surface area contributed by atoms with E-state index in [1.54, 1.807) is 0 Å². The predicted octanol–water partition coefficient (Wildman–Crippen LogP) is 6.30. The average Bonchev–Trinajstić information content (AvgIpc) is 2.50. The third kappa shape index (κ3) is 5.82. The summed E-state index contributed by atoms with van der Waals surface area (Å²) in [5.41, 5.74) is 2.85. The Morgan fingerprint density at radius 3 is 2.12 bits per heavy atom. The van der Waals surface area contributed by atoms with Crippen molar-refractivity contribution in [1.82, 2.24) is 0 Å². The molecule has 0 unspecified atom stereocenters. The molecule has 0 amide bonds. The molecule has 11 heteroatoms. The summed E-state index contributed by atoms with van der Waals surface area (Å²) in [5, 5.41) is 4.51. The highest BCUT2D eigenvalue weighted by Crippen LogP contribution is 2.33. The van der Waals surface area contributed by atoms with Crippen LogP contribution in [0.3, 0.4) is 0 Å². The van der Waals surface area contributed by atoms with Crippen LogP contribution in [-0.4, -0.2) is 19.4 Å². The number of ether oxygens (including phenoxy) is 2. The van der Waals surface area contributed by atoms with Crippen LogP contribution in [-0.2, 0) is 0 Å². The molecule has 4 nitrogen and oxygen atoms in total. The molecule has 0 spiro atoms. The SMILES string of the molecule is FC(F)Oc1ccc(C=NNc2c(Cl)cc(Cl)cc2Cl)c(OC(F)F)c1. The summed E-state index contributed by atoms with van der Waals surface area (Å²) >= 11 is 17.7. The maximum atomic E-state index is 12.5. The Bertz CT molecular complexity index is 783. The zero-order valence-electron chi connectivity index (χ0n) is 12.5. The summed E-state index contributed by atoms with van der Waals surface area (Å²) in [6.07, 6.45) is 1.12. The van der Waals surface area contributed by atoms with E-state index in [1.165, 1.54) is 18.2 Å². The molecule has 2 aromatic carbocycles. The molecule has 140 valence electrons. The second-order valence-corrected chi connectivity index (χ2v) is 5.82. The average molecular weight is 432 g/mol. The number of nitrogens with zero attached hydrogens (tertiary/aromatic N) is 1. The number of hydrogen-bond donors (Lipinski definition) is 1. The number of nitrogens with one attached hydrogen (secondary N) is 1. The van der Waals surface area contributed by atoms with Crippen LogP contribution in [0.4, 0.5) is 23.2 Å². The fraction of sp³-hybridized carbons (Fsp3) is 0.133. The van der Waals surface area contributed by atoms with E-state index in [0.717, 1.165) is 18.3 Å². The molecular weight excluding hydrogens is 423 g/mol. The highest BCUT2D eigenvalue weighted by molar-refractivity contribution is 6.41. The van der Waals surface area contributed by atoms with Crippen molar-refractivity contribution in [2.45, 2.75) is 13.2 Å². The Hall–Kier alpha value is -1.90. The molecule has 2 aromatic rings. The number of halogens is 7. The lowest BCUT2D eigenvalue weighted by Gasteiger charge is -2.11. The molecule has 0 heterocycles. The van der Waals surface area contributed by atoms with Crippen LogP contribution in [0.15, 0.2) is 35.4 Å². The van der Waals surface area contributed by atoms with Gasteiger partial charge in [-0.25, -0.2) is 0 Å². The molecule has 0 aromatic heterocycles. The second-order valence-electron chi connectivity index (χ2n) is 4.57. The maximum absolute atomic E-state index is 12.5. The van der Waals surface area contributed by atoms with Crippen molar-refractivity contribution >= 4 is 46.7 Å². The van der Waals surface area contributed by atoms with Crippen LogP contribution in [0, 0.1) is 0 Å². The van der Waals surface area contributed by atoms with Gasteiger partial charge in [0.2, 0.25) is 0 Å². The first-order valence-electron chi connectivity index (χ1n) is 6.73. The number of hydrogen-bond acceptors (Lipinski definition) is 4. The van der Waals surface area contributed by atoms with E-state index in [4.69, 9.17) is 34.8 Å². The summed E-state index contributed by atoms with van der Waals surface area (Å²) in [4.78, 5) is 0. The van der Waals surface area contributed by atoms with Crippen molar-refractivity contribution in [1.29, 1.82) is 0 Å². The highest BCUT2D eigenvalue weighted by atomic mass is 35.5. The third-order valence-electron chi connectivity index (χ3n) is 2.81. The predicted molar refractivity (Wildman–Crippen MR) is 92.4 cm³/mol. The lowest BCUT2D eigenvalue weighted by atomic mass is 10.2. The van der Waals surface area contributed by atoms with E-state index >= 15 is 0 Å². The number of rotatable bonds is 7. The topological polar surface area (TPSA) is 42.8 Å². The van der Waals surface area contributed by atoms with Gasteiger partial charge in [-0.1, -0.05) is 34.8 Å². The van der Waals surface area contributed by atoms with Crippen LogP contribution < -0.4 is 14.9 Å². The quantitative estimate of drug-likeness (QED) is 0.318. The van der Waals surface area contributed by atoms with Gasteiger partial charge in [0.05, 0.1) is 21.9 Å². The van der Waals surface area contributed by atoms with Crippen LogP contribution in [0.2, 0.25) is 15.1 Å². The van der Waals surface area contributed by atoms with E-state index in [2.05, 4.69) is 20.0 Å². The molecule has 0 radical (unpaired) electrons. The first-order chi connectivity index (χ1) is 12.3. The normalized spacial score (nSPS) is 11.4. The molecule has 0 saturated heterocycles. The van der Waals surface area contributed by atoms with Crippen molar-refractivity contribution in [2.24, 2.45) is 5.10 Å². The largest absolute Gasteiger partial charge is 0.435 e. The van der Waals surface area contributed by atoms with Gasteiger partial charge < -0.3 is 9.47 Å². The van der Waals surface area contributed by atoms with E-state index in [1.807, 2.05) is 0 Å². The van der Waals surface area contributed by atoms with E-state index in [9.17, 15) is 17.6 Å². The highest BCUT2D eigenvalue weighted by Gasteiger charge is 2.13. The Balaban J connectivity index is 2.23. The summed E-state index contributed by atoms with van der Waals surface area (Å²) in [6, 6.07) is 6.10. The number of benzene rings is 2. The van der Waals surface area contributed by atoms with Gasteiger partial charge in [0.25, 0.3) is 0 Å². The minimum Gasteiger partial charge on any atom is -0.435 e. The van der Waals surface area contributed by atoms with Crippen LogP contribution >= 0.6 is 34.8 Å². The van der Waals surface area contributed by atoms with Crippen molar-refractivity contribution in [3.63, 3.8) is 0 Å². The number of alkyl halides is 4. The fourth-order valence-corrected chi connectivity index (χ4v) is 2.71. The van der Waals surface area contributed by atoms with Crippen LogP contribution in [0.1, 0.15) is 5.56 Å². The van der Waals surface area contributed by atoms with Crippen LogP contribution in [0.25, 0.3) is 0 Å². The number of anilines is 1. The summed E-state index contributed by atoms with van der Waals surface area (Å²) in [7, 11) is 0. The lowest BCUT2D eigenvalue weighted by Crippen LogP contribution is -2.07. The smallest absolute Gasteiger partial charge is 0.387 e. The standard InChI is InChI=1S/C15H9Cl3F4N2O2/c16-8-3-10(17)13(11(18)4-8)24-23-6-7-1-2-9(25-14(19)20)5-12(7)26-15(21)22/h1-6,14-15,24H. The van der Waals surface area contributed by atoms with Crippen molar-refractivity contribution in [3.8, 4) is 11.5 Å². The molecule has 1 N–H and O–H groups in total. The Morgan fingerprint density at radius 2 is 1.54 bits per heavy atom. The molecule has 0 aliphatic heterocycles. The monoisotopic (exact) mass is 430 g/mol. The van der Waals surface area contributed by atoms with Gasteiger partial charge in [0.15, 0.2) is 0 Å². The van der Waals surface area contributed by atoms with Gasteiger partial charge >= 0.3 is 13.2 Å². The van der Waals surface area contributed by atoms with Crippen molar-refractivity contribution < 1.29 is 27.0 Å². The van der Waals surface area contributed by atoms with E-state index in [0.29, 0.717) is 5.02 Å². The molecule has 2 rings (SSSR count). The molecular formula is C15H9Cl3F4N2O2. The Morgan fingerprint density at radius 1 is 0.923 bits per heavy atom. The number of hydrazone groups is 1. The van der Waals surface area contributed by atoms with Gasteiger partial charge in [0, 0.05) is 16.7 Å². The van der Waals surface area contributed by atoms with Crippen LogP contribution in [0.5, 0.6) is 11.5 Å². The zero-order chi connectivity index (χ0) is 19.3. The van der Waals surface area contributed by atoms with E-state index < -0.39 is 19.0 Å². The lowest BCUT2D eigenvalue weighted by molar-refractivity contribution is -0.0543. The Labute approximate surface area is 160 Å². The summed E-state index contributed by atoms with van der Waals surface area (Å²) in [5.74, 6) is -0.749. The molecule has 0 fully saturated rings. The van der Waals surface area contributed by atoms with Crippen molar-refractivity contribution in [3.05, 3.63) is 51.0 Å². The second kappa shape index (κ2) is 9.16. The molecule has 0 aliphatic rings. The molecule has 0 saturated carbocycles. The minimum atomic E-state index is -3.17. The molecule has 0 aliphatic carbocycles. The molecule has 26 heavy (non-hydrogen) atoms. The summed E-state index contributed by atoms with van der Waals surface area (Å²) < 4.78 is 57.9. The van der Waals surface area contributed by atoms with Gasteiger partial charge in [-0.15, -0.1) is 0 Å². The third-order valence-corrected chi connectivity index (χ3v) is 3.63. The zero-order valence-corrected chi connectivity index (χ0v) is 14.8. The van der Waals surface area contributed by atoms with Gasteiger partial charge in [-0.2, -0.15) is 22.7 Å². The maximum Gasteiger partial charge on any atom is 0.387 e. The van der Waals surface area contributed by atoms with Gasteiger partial charge in [0.1, 0.15) is 11.5 Å². The van der Waals surface area contributed by atoms with Crippen molar-refractivity contribution in [2.75, 3.05) is 5.43 Å². The Kier molecular flexibility index (Phi) is 7.19. The first kappa shape index (κ1) is 20.4. The summed E-state index contributed by atoms with van der Waals surface area (Å²) in [6.45, 7) is -6.28. The van der Waals surface area contributed by atoms with Gasteiger partial charge in [-0.05, 0) is 24.3 Å².